The number of methoxy groups -OCH3 is 1. The molecule has 0 N–H and O–H groups in total. The molecule has 0 fully saturated rings. The van der Waals surface area contributed by atoms with E-state index in [2.05, 4.69) is 11.1 Å². The Morgan fingerprint density at radius 1 is 1.67 bits per heavy atom. The molecule has 1 rings (SSSR count). The molecule has 1 aromatic rings. The molecule has 0 spiro atoms. The van der Waals surface area contributed by atoms with E-state index >= 15 is 0 Å². The zero-order valence-electron chi connectivity index (χ0n) is 6.95. The van der Waals surface area contributed by atoms with Crippen molar-refractivity contribution in [2.24, 2.45) is 0 Å². The van der Waals surface area contributed by atoms with E-state index in [1.54, 1.807) is 25.4 Å². The molecule has 3 heteroatoms. The highest BCUT2D eigenvalue weighted by molar-refractivity contribution is 5.28. The second-order valence-electron chi connectivity index (χ2n) is 2.39. The largest absolute Gasteiger partial charge is 0.384 e. The molecule has 0 aliphatic rings. The summed E-state index contributed by atoms with van der Waals surface area (Å²) in [7, 11) is 1.65. The van der Waals surface area contributed by atoms with E-state index in [9.17, 15) is 0 Å². The van der Waals surface area contributed by atoms with Gasteiger partial charge in [-0.1, -0.05) is 0 Å². The number of aromatic nitrogens is 1. The van der Waals surface area contributed by atoms with E-state index < -0.39 is 0 Å². The first-order valence-corrected chi connectivity index (χ1v) is 3.71. The van der Waals surface area contributed by atoms with Crippen molar-refractivity contribution in [2.45, 2.75) is 6.42 Å². The van der Waals surface area contributed by atoms with Crippen molar-refractivity contribution < 1.29 is 4.74 Å². The number of nitrogens with zero attached hydrogens (tertiary/aromatic N) is 2. The molecule has 0 saturated heterocycles. The first-order chi connectivity index (χ1) is 5.86. The van der Waals surface area contributed by atoms with Gasteiger partial charge in [0.2, 0.25) is 0 Å². The van der Waals surface area contributed by atoms with Crippen LogP contribution in [0.15, 0.2) is 18.3 Å². The molecule has 0 saturated carbocycles. The first kappa shape index (κ1) is 8.69. The summed E-state index contributed by atoms with van der Waals surface area (Å²) < 4.78 is 4.90. The fraction of sp³-hybridized carbons (Fsp3) is 0.333. The lowest BCUT2D eigenvalue weighted by Crippen LogP contribution is -1.97. The summed E-state index contributed by atoms with van der Waals surface area (Å²) in [5.41, 5.74) is 1.55. The fourth-order valence-electron chi connectivity index (χ4n) is 0.891. The van der Waals surface area contributed by atoms with E-state index in [0.717, 1.165) is 12.1 Å². The topological polar surface area (TPSA) is 45.9 Å². The molecule has 0 amide bonds. The summed E-state index contributed by atoms with van der Waals surface area (Å²) >= 11 is 0. The van der Waals surface area contributed by atoms with Gasteiger partial charge in [-0.3, -0.25) is 4.98 Å². The minimum Gasteiger partial charge on any atom is -0.384 e. The van der Waals surface area contributed by atoms with Gasteiger partial charge in [-0.2, -0.15) is 5.26 Å². The normalized spacial score (nSPS) is 9.33. The molecule has 0 bridgehead atoms. The van der Waals surface area contributed by atoms with Crippen molar-refractivity contribution in [3.05, 3.63) is 29.6 Å². The third-order valence-electron chi connectivity index (χ3n) is 1.51. The molecule has 12 heavy (non-hydrogen) atoms. The summed E-state index contributed by atoms with van der Waals surface area (Å²) in [4.78, 5) is 4.09. The monoisotopic (exact) mass is 162 g/mol. The third kappa shape index (κ3) is 2.33. The number of nitriles is 1. The van der Waals surface area contributed by atoms with Crippen molar-refractivity contribution in [1.82, 2.24) is 4.98 Å². The molecule has 1 aromatic heterocycles. The van der Waals surface area contributed by atoms with E-state index in [1.165, 1.54) is 0 Å². The van der Waals surface area contributed by atoms with E-state index in [0.29, 0.717) is 12.2 Å². The average Bonchev–Trinajstić information content (AvgIpc) is 2.15. The van der Waals surface area contributed by atoms with Gasteiger partial charge in [0.25, 0.3) is 0 Å². The van der Waals surface area contributed by atoms with Gasteiger partial charge in [0, 0.05) is 25.4 Å². The van der Waals surface area contributed by atoms with Crippen LogP contribution < -0.4 is 0 Å². The highest BCUT2D eigenvalue weighted by Crippen LogP contribution is 2.00. The van der Waals surface area contributed by atoms with E-state index in [4.69, 9.17) is 10.00 Å². The highest BCUT2D eigenvalue weighted by Gasteiger charge is 1.95. The SMILES string of the molecule is COCCc1cc(C#N)ccn1. The maximum atomic E-state index is 8.58. The van der Waals surface area contributed by atoms with Gasteiger partial charge < -0.3 is 4.74 Å². The quantitative estimate of drug-likeness (QED) is 0.669. The smallest absolute Gasteiger partial charge is 0.0992 e. The van der Waals surface area contributed by atoms with Crippen molar-refractivity contribution in [1.29, 1.82) is 5.26 Å². The molecule has 0 radical (unpaired) electrons. The van der Waals surface area contributed by atoms with Crippen molar-refractivity contribution in [3.8, 4) is 6.07 Å². The molecular weight excluding hydrogens is 152 g/mol. The van der Waals surface area contributed by atoms with Crippen LogP contribution in [0.3, 0.4) is 0 Å². The van der Waals surface area contributed by atoms with Crippen LogP contribution in [-0.2, 0) is 11.2 Å². The maximum Gasteiger partial charge on any atom is 0.0992 e. The van der Waals surface area contributed by atoms with Crippen LogP contribution in [0, 0.1) is 11.3 Å². The minimum absolute atomic E-state index is 0.641. The second-order valence-corrected chi connectivity index (χ2v) is 2.39. The Morgan fingerprint density at radius 3 is 3.17 bits per heavy atom. The maximum absolute atomic E-state index is 8.58. The van der Waals surface area contributed by atoms with Crippen LogP contribution in [0.1, 0.15) is 11.3 Å². The van der Waals surface area contributed by atoms with Crippen LogP contribution in [0.5, 0.6) is 0 Å². The third-order valence-corrected chi connectivity index (χ3v) is 1.51. The fourth-order valence-corrected chi connectivity index (χ4v) is 0.891. The number of pyridine rings is 1. The van der Waals surface area contributed by atoms with Gasteiger partial charge in [0.05, 0.1) is 18.2 Å². The predicted molar refractivity (Wildman–Crippen MR) is 44.5 cm³/mol. The van der Waals surface area contributed by atoms with E-state index in [-0.39, 0.29) is 0 Å². The molecule has 3 nitrogen and oxygen atoms in total. The average molecular weight is 162 g/mol. The van der Waals surface area contributed by atoms with Gasteiger partial charge in [-0.05, 0) is 12.1 Å². The van der Waals surface area contributed by atoms with E-state index in [1.807, 2.05) is 0 Å². The Kier molecular flexibility index (Phi) is 3.24. The standard InChI is InChI=1S/C9H10N2O/c1-12-5-3-9-6-8(7-10)2-4-11-9/h2,4,6H,3,5H2,1H3. The van der Waals surface area contributed by atoms with Gasteiger partial charge in [0.1, 0.15) is 0 Å². The summed E-state index contributed by atoms with van der Waals surface area (Å²) in [5, 5.41) is 8.58. The number of hydrogen-bond acceptors (Lipinski definition) is 3. The number of hydrogen-bond donors (Lipinski definition) is 0. The van der Waals surface area contributed by atoms with Crippen molar-refractivity contribution in [3.63, 3.8) is 0 Å². The van der Waals surface area contributed by atoms with Crippen LogP contribution >= 0.6 is 0 Å². The summed E-state index contributed by atoms with van der Waals surface area (Å²) in [6.07, 6.45) is 2.40. The minimum atomic E-state index is 0.641. The van der Waals surface area contributed by atoms with Gasteiger partial charge in [-0.15, -0.1) is 0 Å². The van der Waals surface area contributed by atoms with Crippen LogP contribution in [0.2, 0.25) is 0 Å². The van der Waals surface area contributed by atoms with Gasteiger partial charge in [0.15, 0.2) is 0 Å². The lowest BCUT2D eigenvalue weighted by molar-refractivity contribution is 0.201. The second kappa shape index (κ2) is 4.47. The molecule has 0 unspecified atom stereocenters. The summed E-state index contributed by atoms with van der Waals surface area (Å²) in [6.45, 7) is 0.641. The van der Waals surface area contributed by atoms with Crippen molar-refractivity contribution >= 4 is 0 Å². The Hall–Kier alpha value is -1.40. The predicted octanol–water partition coefficient (Wildman–Crippen LogP) is 1.14. The Morgan fingerprint density at radius 2 is 2.50 bits per heavy atom. The lowest BCUT2D eigenvalue weighted by Gasteiger charge is -1.98. The Labute approximate surface area is 71.6 Å². The molecule has 62 valence electrons. The molecule has 0 atom stereocenters. The van der Waals surface area contributed by atoms with Crippen LogP contribution in [-0.4, -0.2) is 18.7 Å². The van der Waals surface area contributed by atoms with Gasteiger partial charge >= 0.3 is 0 Å². The molecule has 0 aromatic carbocycles. The van der Waals surface area contributed by atoms with Crippen LogP contribution in [0.25, 0.3) is 0 Å². The molecule has 0 aliphatic heterocycles. The highest BCUT2D eigenvalue weighted by atomic mass is 16.5. The zero-order valence-corrected chi connectivity index (χ0v) is 6.95. The molecule has 1 heterocycles. The molecule has 0 aliphatic carbocycles. The number of rotatable bonds is 3. The van der Waals surface area contributed by atoms with Crippen LogP contribution in [0.4, 0.5) is 0 Å². The number of ether oxygens (including phenoxy) is 1. The lowest BCUT2D eigenvalue weighted by atomic mass is 10.2. The Balaban J connectivity index is 2.68. The summed E-state index contributed by atoms with van der Waals surface area (Å²) in [5.74, 6) is 0. The summed E-state index contributed by atoms with van der Waals surface area (Å²) in [6, 6.07) is 5.53. The Bertz CT molecular complexity index is 291. The molecular formula is C9H10N2O. The first-order valence-electron chi connectivity index (χ1n) is 3.71. The van der Waals surface area contributed by atoms with Gasteiger partial charge in [-0.25, -0.2) is 0 Å². The van der Waals surface area contributed by atoms with Crippen molar-refractivity contribution in [2.75, 3.05) is 13.7 Å². The zero-order chi connectivity index (χ0) is 8.81.